The fourth-order valence-electron chi connectivity index (χ4n) is 2.45. The van der Waals surface area contributed by atoms with Crippen molar-refractivity contribution < 1.29 is 10.2 Å². The van der Waals surface area contributed by atoms with E-state index in [9.17, 15) is 10.2 Å². The van der Waals surface area contributed by atoms with Gasteiger partial charge < -0.3 is 25.4 Å². The van der Waals surface area contributed by atoms with E-state index in [2.05, 4.69) is 0 Å². The number of nitrogens with zero attached hydrogens (tertiary/aromatic N) is 2. The van der Waals surface area contributed by atoms with Gasteiger partial charge in [0.1, 0.15) is 11.6 Å². The van der Waals surface area contributed by atoms with E-state index in [4.69, 9.17) is 17.3 Å². The van der Waals surface area contributed by atoms with Crippen LogP contribution in [0.15, 0.2) is 30.3 Å². The summed E-state index contributed by atoms with van der Waals surface area (Å²) in [5, 5.41) is 18.9. The van der Waals surface area contributed by atoms with Crippen LogP contribution in [0.25, 0.3) is 11.1 Å². The minimum Gasteiger partial charge on any atom is -0.395 e. The summed E-state index contributed by atoms with van der Waals surface area (Å²) < 4.78 is 1.79. The first-order valence-corrected chi connectivity index (χ1v) is 7.15. The Morgan fingerprint density at radius 3 is 2.24 bits per heavy atom. The van der Waals surface area contributed by atoms with Crippen molar-refractivity contribution in [2.45, 2.75) is 0 Å². The second kappa shape index (κ2) is 6.85. The number of hydrogen-bond donors (Lipinski definition) is 3. The van der Waals surface area contributed by atoms with E-state index in [0.717, 1.165) is 11.1 Å². The van der Waals surface area contributed by atoms with Crippen molar-refractivity contribution in [1.29, 1.82) is 0 Å². The van der Waals surface area contributed by atoms with Crippen LogP contribution in [0.4, 0.5) is 11.6 Å². The SMILES string of the molecule is Cn1c(N)c(-c2ccccc2)c(Cl)c1N(CCO)CCO. The topological polar surface area (TPSA) is 74.7 Å². The van der Waals surface area contributed by atoms with Gasteiger partial charge in [-0.05, 0) is 5.56 Å². The molecule has 0 amide bonds. The Balaban J connectivity index is 2.54. The van der Waals surface area contributed by atoms with Crippen LogP contribution in [0.5, 0.6) is 0 Å². The molecule has 1 heterocycles. The number of hydrogen-bond acceptors (Lipinski definition) is 4. The van der Waals surface area contributed by atoms with Gasteiger partial charge in [0.05, 0.1) is 18.2 Å². The number of nitrogen functional groups attached to an aromatic ring is 1. The average molecular weight is 310 g/mol. The molecule has 114 valence electrons. The number of halogens is 1. The molecule has 0 radical (unpaired) electrons. The molecule has 5 nitrogen and oxygen atoms in total. The van der Waals surface area contributed by atoms with E-state index in [1.54, 1.807) is 4.57 Å². The first kappa shape index (κ1) is 15.7. The molecule has 0 saturated heterocycles. The molecule has 1 aromatic heterocycles. The van der Waals surface area contributed by atoms with Crippen LogP contribution in [0.3, 0.4) is 0 Å². The molecule has 0 fully saturated rings. The number of rotatable bonds is 6. The van der Waals surface area contributed by atoms with Gasteiger partial charge in [0.25, 0.3) is 0 Å². The predicted octanol–water partition coefficient (Wildman–Crippen LogP) is 1.72. The van der Waals surface area contributed by atoms with E-state index >= 15 is 0 Å². The summed E-state index contributed by atoms with van der Waals surface area (Å²) in [7, 11) is 1.82. The fourth-order valence-corrected chi connectivity index (χ4v) is 2.90. The van der Waals surface area contributed by atoms with Crippen molar-refractivity contribution >= 4 is 23.2 Å². The molecule has 1 aromatic carbocycles. The van der Waals surface area contributed by atoms with Crippen LogP contribution in [0.2, 0.25) is 5.02 Å². The molecule has 0 aliphatic rings. The third kappa shape index (κ3) is 3.00. The molecular formula is C15H20ClN3O2. The van der Waals surface area contributed by atoms with Crippen LogP contribution < -0.4 is 10.6 Å². The summed E-state index contributed by atoms with van der Waals surface area (Å²) in [5.74, 6) is 1.26. The smallest absolute Gasteiger partial charge is 0.129 e. The molecule has 0 unspecified atom stereocenters. The molecule has 6 heteroatoms. The number of aliphatic hydroxyl groups is 2. The van der Waals surface area contributed by atoms with Gasteiger partial charge in [-0.2, -0.15) is 0 Å². The molecule has 4 N–H and O–H groups in total. The number of nitrogens with two attached hydrogens (primary N) is 1. The van der Waals surface area contributed by atoms with Crippen molar-refractivity contribution in [1.82, 2.24) is 4.57 Å². The highest BCUT2D eigenvalue weighted by Gasteiger charge is 2.23. The van der Waals surface area contributed by atoms with E-state index in [1.165, 1.54) is 0 Å². The average Bonchev–Trinajstić information content (AvgIpc) is 2.70. The fraction of sp³-hybridized carbons (Fsp3) is 0.333. The molecule has 0 atom stereocenters. The number of anilines is 2. The number of aromatic nitrogens is 1. The maximum Gasteiger partial charge on any atom is 0.129 e. The van der Waals surface area contributed by atoms with Crippen LogP contribution in [-0.4, -0.2) is 41.1 Å². The highest BCUT2D eigenvalue weighted by molar-refractivity contribution is 6.36. The maximum absolute atomic E-state index is 9.19. The van der Waals surface area contributed by atoms with Crippen molar-refractivity contribution in [3.63, 3.8) is 0 Å². The quantitative estimate of drug-likeness (QED) is 0.759. The van der Waals surface area contributed by atoms with Gasteiger partial charge in [0.2, 0.25) is 0 Å². The zero-order chi connectivity index (χ0) is 15.4. The second-order valence-electron chi connectivity index (χ2n) is 4.76. The summed E-state index contributed by atoms with van der Waals surface area (Å²) in [6.07, 6.45) is 0. The second-order valence-corrected chi connectivity index (χ2v) is 5.14. The summed E-state index contributed by atoms with van der Waals surface area (Å²) in [6.45, 7) is 0.710. The lowest BCUT2D eigenvalue weighted by Crippen LogP contribution is -2.31. The monoisotopic (exact) mass is 309 g/mol. The third-order valence-electron chi connectivity index (χ3n) is 3.45. The molecular weight excluding hydrogens is 290 g/mol. The zero-order valence-corrected chi connectivity index (χ0v) is 12.7. The Morgan fingerprint density at radius 1 is 1.14 bits per heavy atom. The molecule has 0 bridgehead atoms. The molecule has 2 rings (SSSR count). The summed E-state index contributed by atoms with van der Waals surface area (Å²) in [5.41, 5.74) is 7.91. The lowest BCUT2D eigenvalue weighted by atomic mass is 10.1. The number of benzene rings is 1. The lowest BCUT2D eigenvalue weighted by molar-refractivity contribution is 0.280. The standard InChI is InChI=1S/C15H20ClN3O2/c1-18-14(17)12(11-5-3-2-4-6-11)13(16)15(18)19(7-9-20)8-10-21/h2-6,20-21H,7-10,17H2,1H3. The van der Waals surface area contributed by atoms with Gasteiger partial charge in [0.15, 0.2) is 0 Å². The molecule has 0 aliphatic heterocycles. The Hall–Kier alpha value is -1.69. The van der Waals surface area contributed by atoms with Crippen LogP contribution in [-0.2, 0) is 7.05 Å². The van der Waals surface area contributed by atoms with Crippen LogP contribution >= 0.6 is 11.6 Å². The van der Waals surface area contributed by atoms with Gasteiger partial charge in [0, 0.05) is 25.7 Å². The molecule has 0 aliphatic carbocycles. The van der Waals surface area contributed by atoms with Crippen LogP contribution in [0, 0.1) is 0 Å². The van der Waals surface area contributed by atoms with Crippen LogP contribution in [0.1, 0.15) is 0 Å². The van der Waals surface area contributed by atoms with Crippen molar-refractivity contribution in [2.75, 3.05) is 36.9 Å². The minimum atomic E-state index is -0.0257. The van der Waals surface area contributed by atoms with Gasteiger partial charge in [-0.25, -0.2) is 0 Å². The van der Waals surface area contributed by atoms with E-state index in [1.807, 2.05) is 42.3 Å². The first-order chi connectivity index (χ1) is 10.1. The zero-order valence-electron chi connectivity index (χ0n) is 12.0. The van der Waals surface area contributed by atoms with E-state index in [-0.39, 0.29) is 13.2 Å². The van der Waals surface area contributed by atoms with Crippen molar-refractivity contribution in [3.05, 3.63) is 35.4 Å². The number of aliphatic hydroxyl groups excluding tert-OH is 2. The van der Waals surface area contributed by atoms with Gasteiger partial charge in [-0.15, -0.1) is 0 Å². The molecule has 0 spiro atoms. The van der Waals surface area contributed by atoms with E-state index < -0.39 is 0 Å². The highest BCUT2D eigenvalue weighted by Crippen LogP contribution is 2.42. The van der Waals surface area contributed by atoms with Crippen molar-refractivity contribution in [3.8, 4) is 11.1 Å². The van der Waals surface area contributed by atoms with Gasteiger partial charge >= 0.3 is 0 Å². The lowest BCUT2D eigenvalue weighted by Gasteiger charge is -2.24. The summed E-state index contributed by atoms with van der Waals surface area (Å²) >= 11 is 6.53. The van der Waals surface area contributed by atoms with Gasteiger partial charge in [-0.1, -0.05) is 41.9 Å². The molecule has 21 heavy (non-hydrogen) atoms. The predicted molar refractivity (Wildman–Crippen MR) is 86.7 cm³/mol. The summed E-state index contributed by atoms with van der Waals surface area (Å²) in [4.78, 5) is 1.82. The Labute approximate surface area is 129 Å². The van der Waals surface area contributed by atoms with Crippen molar-refractivity contribution in [2.24, 2.45) is 7.05 Å². The van der Waals surface area contributed by atoms with E-state index in [0.29, 0.717) is 29.7 Å². The third-order valence-corrected chi connectivity index (χ3v) is 3.81. The molecule has 0 saturated carbocycles. The minimum absolute atomic E-state index is 0.0257. The normalized spacial score (nSPS) is 10.9. The Bertz CT molecular complexity index is 593. The first-order valence-electron chi connectivity index (χ1n) is 6.77. The summed E-state index contributed by atoms with van der Waals surface area (Å²) in [6, 6.07) is 9.68. The largest absolute Gasteiger partial charge is 0.395 e. The van der Waals surface area contributed by atoms with Gasteiger partial charge in [-0.3, -0.25) is 0 Å². The molecule has 2 aromatic rings. The Kier molecular flexibility index (Phi) is 5.12. The highest BCUT2D eigenvalue weighted by atomic mass is 35.5. The Morgan fingerprint density at radius 2 is 1.71 bits per heavy atom. The maximum atomic E-state index is 9.19.